The Morgan fingerprint density at radius 1 is 0.833 bits per heavy atom. The van der Waals surface area contributed by atoms with Gasteiger partial charge < -0.3 is 16.0 Å². The van der Waals surface area contributed by atoms with E-state index < -0.39 is 0 Å². The molecule has 0 unspecified atom stereocenters. The maximum Gasteiger partial charge on any atom is 0.239 e. The van der Waals surface area contributed by atoms with Crippen LogP contribution in [0.1, 0.15) is 44.1 Å². The molecule has 5 nitrogen and oxygen atoms in total. The van der Waals surface area contributed by atoms with Crippen LogP contribution in [0.15, 0.2) is 66.2 Å². The number of rotatable bonds is 10. The Morgan fingerprint density at radius 3 is 2.33 bits per heavy atom. The van der Waals surface area contributed by atoms with Crippen LogP contribution in [-0.4, -0.2) is 24.9 Å². The Balaban J connectivity index is 1.33. The standard InChI is InChI=1S/C25H31N3O2/c29-24(16-11-20-7-3-1-4-8-20)28-23-14-12-22(13-15-23)27-19-25(30)26-18-17-21-9-5-2-6-10-21/h1,3-4,7-9,12-15,27H,2,5-6,10-11,16-19H2,(H,26,30)(H,28,29). The third-order valence-corrected chi connectivity index (χ3v) is 5.26. The number of aryl methyl sites for hydroxylation is 1. The highest BCUT2D eigenvalue weighted by atomic mass is 16.2. The van der Waals surface area contributed by atoms with Crippen molar-refractivity contribution in [1.82, 2.24) is 5.32 Å². The van der Waals surface area contributed by atoms with E-state index in [-0.39, 0.29) is 18.4 Å². The first-order chi connectivity index (χ1) is 14.7. The van der Waals surface area contributed by atoms with Crippen molar-refractivity contribution in [2.24, 2.45) is 0 Å². The summed E-state index contributed by atoms with van der Waals surface area (Å²) in [7, 11) is 0. The zero-order chi connectivity index (χ0) is 21.0. The van der Waals surface area contributed by atoms with Crippen molar-refractivity contribution >= 4 is 23.2 Å². The molecular formula is C25H31N3O2. The first-order valence-electron chi connectivity index (χ1n) is 10.8. The van der Waals surface area contributed by atoms with Crippen molar-refractivity contribution in [3.63, 3.8) is 0 Å². The minimum atomic E-state index is -0.00954. The molecule has 3 rings (SSSR count). The van der Waals surface area contributed by atoms with Gasteiger partial charge in [-0.15, -0.1) is 0 Å². The highest BCUT2D eigenvalue weighted by molar-refractivity contribution is 5.91. The minimum absolute atomic E-state index is 0.00739. The molecule has 0 fully saturated rings. The van der Waals surface area contributed by atoms with E-state index in [9.17, 15) is 9.59 Å². The van der Waals surface area contributed by atoms with E-state index in [2.05, 4.69) is 22.0 Å². The molecule has 158 valence electrons. The molecule has 0 bridgehead atoms. The van der Waals surface area contributed by atoms with E-state index >= 15 is 0 Å². The topological polar surface area (TPSA) is 70.2 Å². The molecule has 2 aromatic carbocycles. The molecule has 2 aromatic rings. The van der Waals surface area contributed by atoms with E-state index in [1.165, 1.54) is 31.3 Å². The molecule has 0 aromatic heterocycles. The summed E-state index contributed by atoms with van der Waals surface area (Å²) in [6.07, 6.45) is 9.33. The van der Waals surface area contributed by atoms with E-state index in [0.717, 1.165) is 29.8 Å². The summed E-state index contributed by atoms with van der Waals surface area (Å²) in [6, 6.07) is 17.4. The second-order valence-corrected chi connectivity index (χ2v) is 7.67. The van der Waals surface area contributed by atoms with Gasteiger partial charge in [-0.3, -0.25) is 9.59 Å². The Hall–Kier alpha value is -3.08. The number of hydrogen-bond acceptors (Lipinski definition) is 3. The zero-order valence-electron chi connectivity index (χ0n) is 17.5. The maximum atomic E-state index is 12.1. The number of carbonyl (C=O) groups excluding carboxylic acids is 2. The number of allylic oxidation sites excluding steroid dienone is 1. The van der Waals surface area contributed by atoms with E-state index in [4.69, 9.17) is 0 Å². The van der Waals surface area contributed by atoms with Crippen LogP contribution in [0.4, 0.5) is 11.4 Å². The first kappa shape index (κ1) is 21.6. The molecule has 0 heterocycles. The fourth-order valence-electron chi connectivity index (χ4n) is 3.54. The smallest absolute Gasteiger partial charge is 0.239 e. The molecule has 0 radical (unpaired) electrons. The van der Waals surface area contributed by atoms with Gasteiger partial charge in [0.1, 0.15) is 0 Å². The molecule has 30 heavy (non-hydrogen) atoms. The Kier molecular flexibility index (Phi) is 8.51. The van der Waals surface area contributed by atoms with Gasteiger partial charge in [0.25, 0.3) is 0 Å². The Labute approximate surface area is 179 Å². The molecule has 1 aliphatic rings. The summed E-state index contributed by atoms with van der Waals surface area (Å²) in [5.41, 5.74) is 4.23. The third-order valence-electron chi connectivity index (χ3n) is 5.26. The maximum absolute atomic E-state index is 12.1. The summed E-state index contributed by atoms with van der Waals surface area (Å²) >= 11 is 0. The molecular weight excluding hydrogens is 374 g/mol. The summed E-state index contributed by atoms with van der Waals surface area (Å²) < 4.78 is 0. The largest absolute Gasteiger partial charge is 0.376 e. The van der Waals surface area contributed by atoms with Crippen LogP contribution in [0, 0.1) is 0 Å². The van der Waals surface area contributed by atoms with Crippen molar-refractivity contribution in [3.8, 4) is 0 Å². The normalized spacial score (nSPS) is 13.3. The van der Waals surface area contributed by atoms with Crippen LogP contribution in [0.5, 0.6) is 0 Å². The average molecular weight is 406 g/mol. The highest BCUT2D eigenvalue weighted by Crippen LogP contribution is 2.19. The number of nitrogens with one attached hydrogen (secondary N) is 3. The number of carbonyl (C=O) groups is 2. The highest BCUT2D eigenvalue weighted by Gasteiger charge is 2.06. The number of hydrogen-bond donors (Lipinski definition) is 3. The average Bonchev–Trinajstić information content (AvgIpc) is 2.79. The van der Waals surface area contributed by atoms with Crippen molar-refractivity contribution < 1.29 is 9.59 Å². The van der Waals surface area contributed by atoms with Crippen molar-refractivity contribution in [2.75, 3.05) is 23.7 Å². The Bertz CT molecular complexity index is 844. The third kappa shape index (κ3) is 7.74. The molecule has 0 spiro atoms. The second-order valence-electron chi connectivity index (χ2n) is 7.67. The van der Waals surface area contributed by atoms with Gasteiger partial charge in [0, 0.05) is 24.3 Å². The predicted octanol–water partition coefficient (Wildman–Crippen LogP) is 4.68. The van der Waals surface area contributed by atoms with Gasteiger partial charge in [0.2, 0.25) is 11.8 Å². The van der Waals surface area contributed by atoms with Gasteiger partial charge in [0.15, 0.2) is 0 Å². The van der Waals surface area contributed by atoms with E-state index in [1.807, 2.05) is 54.6 Å². The van der Waals surface area contributed by atoms with E-state index in [0.29, 0.717) is 13.0 Å². The van der Waals surface area contributed by atoms with Crippen LogP contribution in [-0.2, 0) is 16.0 Å². The minimum Gasteiger partial charge on any atom is -0.376 e. The monoisotopic (exact) mass is 405 g/mol. The summed E-state index contributed by atoms with van der Waals surface area (Å²) in [4.78, 5) is 24.1. The molecule has 0 aliphatic heterocycles. The molecule has 0 saturated heterocycles. The molecule has 0 saturated carbocycles. The summed E-state index contributed by atoms with van der Waals surface area (Å²) in [6.45, 7) is 0.933. The van der Waals surface area contributed by atoms with Crippen LogP contribution in [0.25, 0.3) is 0 Å². The van der Waals surface area contributed by atoms with Gasteiger partial charge in [-0.2, -0.15) is 0 Å². The lowest BCUT2D eigenvalue weighted by Crippen LogP contribution is -2.30. The second kappa shape index (κ2) is 11.8. The van der Waals surface area contributed by atoms with Crippen LogP contribution in [0.2, 0.25) is 0 Å². The number of amides is 2. The molecule has 2 amide bonds. The molecule has 0 atom stereocenters. The lowest BCUT2D eigenvalue weighted by Gasteiger charge is -2.13. The first-order valence-corrected chi connectivity index (χ1v) is 10.8. The van der Waals surface area contributed by atoms with Crippen LogP contribution < -0.4 is 16.0 Å². The quantitative estimate of drug-likeness (QED) is 0.503. The van der Waals surface area contributed by atoms with Crippen molar-refractivity contribution in [3.05, 3.63) is 71.8 Å². The van der Waals surface area contributed by atoms with Gasteiger partial charge in [0.05, 0.1) is 6.54 Å². The van der Waals surface area contributed by atoms with Crippen LogP contribution in [0.3, 0.4) is 0 Å². The van der Waals surface area contributed by atoms with Gasteiger partial charge in [-0.05, 0) is 68.4 Å². The fraction of sp³-hybridized carbons (Fsp3) is 0.360. The number of anilines is 2. The zero-order valence-corrected chi connectivity index (χ0v) is 17.5. The van der Waals surface area contributed by atoms with Gasteiger partial charge in [-0.1, -0.05) is 42.0 Å². The SMILES string of the molecule is O=C(CNc1ccc(NC(=O)CCc2ccccc2)cc1)NCCC1=CCCCC1. The number of benzene rings is 2. The molecule has 1 aliphatic carbocycles. The van der Waals surface area contributed by atoms with Gasteiger partial charge in [-0.25, -0.2) is 0 Å². The summed E-state index contributed by atoms with van der Waals surface area (Å²) in [5, 5.41) is 9.00. The lowest BCUT2D eigenvalue weighted by atomic mass is 9.97. The van der Waals surface area contributed by atoms with Crippen molar-refractivity contribution in [2.45, 2.75) is 44.9 Å². The Morgan fingerprint density at radius 2 is 1.60 bits per heavy atom. The van der Waals surface area contributed by atoms with Gasteiger partial charge >= 0.3 is 0 Å². The molecule has 5 heteroatoms. The lowest BCUT2D eigenvalue weighted by molar-refractivity contribution is -0.119. The predicted molar refractivity (Wildman–Crippen MR) is 123 cm³/mol. The van der Waals surface area contributed by atoms with Crippen LogP contribution >= 0.6 is 0 Å². The summed E-state index contributed by atoms with van der Waals surface area (Å²) in [5.74, 6) is -0.0169. The van der Waals surface area contributed by atoms with Crippen molar-refractivity contribution in [1.29, 1.82) is 0 Å². The fourth-order valence-corrected chi connectivity index (χ4v) is 3.54. The van der Waals surface area contributed by atoms with E-state index in [1.54, 1.807) is 0 Å². The molecule has 3 N–H and O–H groups in total.